The molecule has 0 aliphatic heterocycles. The molecule has 0 saturated carbocycles. The Morgan fingerprint density at radius 3 is 2.74 bits per heavy atom. The molecular formula is C13H13N3O3. The summed E-state index contributed by atoms with van der Waals surface area (Å²) in [5, 5.41) is 8.87. The zero-order chi connectivity index (χ0) is 13.8. The molecule has 2 heterocycles. The van der Waals surface area contributed by atoms with E-state index in [1.54, 1.807) is 6.07 Å². The molecule has 19 heavy (non-hydrogen) atoms. The largest absolute Gasteiger partial charge is 0.478 e. The van der Waals surface area contributed by atoms with E-state index < -0.39 is 5.97 Å². The highest BCUT2D eigenvalue weighted by Crippen LogP contribution is 2.21. The number of carbonyl (C=O) groups is 1. The van der Waals surface area contributed by atoms with Crippen LogP contribution in [-0.2, 0) is 0 Å². The minimum atomic E-state index is -1.05. The van der Waals surface area contributed by atoms with E-state index in [9.17, 15) is 4.79 Å². The van der Waals surface area contributed by atoms with Crippen molar-refractivity contribution in [3.8, 4) is 11.6 Å². The van der Waals surface area contributed by atoms with Crippen molar-refractivity contribution in [2.75, 3.05) is 0 Å². The van der Waals surface area contributed by atoms with Gasteiger partial charge in [0.1, 0.15) is 12.1 Å². The van der Waals surface area contributed by atoms with Crippen LogP contribution in [0.5, 0.6) is 11.6 Å². The predicted molar refractivity (Wildman–Crippen MR) is 67.4 cm³/mol. The molecule has 0 radical (unpaired) electrons. The SMILES string of the molecule is CC(C)c1cc(Oc2cncc(C(=O)O)c2)ncn1. The van der Waals surface area contributed by atoms with Crippen molar-refractivity contribution in [2.45, 2.75) is 19.8 Å². The molecule has 0 aliphatic rings. The van der Waals surface area contributed by atoms with Gasteiger partial charge in [0.05, 0.1) is 17.5 Å². The van der Waals surface area contributed by atoms with Gasteiger partial charge in [-0.25, -0.2) is 14.8 Å². The third kappa shape index (κ3) is 3.25. The summed E-state index contributed by atoms with van der Waals surface area (Å²) in [6.45, 7) is 4.03. The number of pyridine rings is 1. The van der Waals surface area contributed by atoms with Crippen molar-refractivity contribution in [3.05, 3.63) is 42.1 Å². The first kappa shape index (κ1) is 12.9. The summed E-state index contributed by atoms with van der Waals surface area (Å²) < 4.78 is 5.48. The quantitative estimate of drug-likeness (QED) is 0.907. The molecule has 0 spiro atoms. The minimum Gasteiger partial charge on any atom is -0.478 e. The molecule has 6 heteroatoms. The van der Waals surface area contributed by atoms with Gasteiger partial charge in [-0.15, -0.1) is 0 Å². The van der Waals surface area contributed by atoms with Crippen LogP contribution in [0, 0.1) is 0 Å². The Bertz CT molecular complexity index is 599. The Labute approximate surface area is 110 Å². The molecule has 2 rings (SSSR count). The average Bonchev–Trinajstić information content (AvgIpc) is 2.39. The second-order valence-electron chi connectivity index (χ2n) is 4.25. The standard InChI is InChI=1S/C13H13N3O3/c1-8(2)11-4-12(16-7-15-11)19-10-3-9(13(17)18)5-14-6-10/h3-8H,1-2H3,(H,17,18). The number of carboxylic acids is 1. The summed E-state index contributed by atoms with van der Waals surface area (Å²) >= 11 is 0. The van der Waals surface area contributed by atoms with Gasteiger partial charge in [0.25, 0.3) is 0 Å². The Morgan fingerprint density at radius 2 is 2.05 bits per heavy atom. The number of aromatic nitrogens is 3. The molecule has 0 fully saturated rings. The third-order valence-electron chi connectivity index (χ3n) is 2.44. The van der Waals surface area contributed by atoms with Gasteiger partial charge in [-0.3, -0.25) is 4.98 Å². The van der Waals surface area contributed by atoms with E-state index in [1.807, 2.05) is 13.8 Å². The molecule has 0 amide bonds. The van der Waals surface area contributed by atoms with Crippen LogP contribution < -0.4 is 4.74 Å². The van der Waals surface area contributed by atoms with Gasteiger partial charge in [-0.05, 0) is 12.0 Å². The molecule has 0 aromatic carbocycles. The number of carboxylic acid groups (broad SMARTS) is 1. The number of hydrogen-bond donors (Lipinski definition) is 1. The summed E-state index contributed by atoms with van der Waals surface area (Å²) in [6, 6.07) is 3.12. The van der Waals surface area contributed by atoms with Crippen LogP contribution in [-0.4, -0.2) is 26.0 Å². The predicted octanol–water partition coefficient (Wildman–Crippen LogP) is 2.49. The zero-order valence-electron chi connectivity index (χ0n) is 10.6. The van der Waals surface area contributed by atoms with E-state index in [0.717, 1.165) is 5.69 Å². The van der Waals surface area contributed by atoms with Gasteiger partial charge in [0.15, 0.2) is 0 Å². The van der Waals surface area contributed by atoms with E-state index >= 15 is 0 Å². The lowest BCUT2D eigenvalue weighted by Gasteiger charge is -2.07. The summed E-state index contributed by atoms with van der Waals surface area (Å²) in [5.41, 5.74) is 0.919. The Hall–Kier alpha value is -2.50. The van der Waals surface area contributed by atoms with Crippen LogP contribution in [0.3, 0.4) is 0 Å². The fourth-order valence-corrected chi connectivity index (χ4v) is 1.44. The zero-order valence-corrected chi connectivity index (χ0v) is 10.6. The molecule has 6 nitrogen and oxygen atoms in total. The lowest BCUT2D eigenvalue weighted by Crippen LogP contribution is -1.99. The van der Waals surface area contributed by atoms with Crippen LogP contribution in [0.1, 0.15) is 35.8 Å². The Kier molecular flexibility index (Phi) is 3.70. The number of ether oxygens (including phenoxy) is 1. The van der Waals surface area contributed by atoms with Crippen LogP contribution >= 0.6 is 0 Å². The normalized spacial score (nSPS) is 10.5. The molecule has 0 saturated heterocycles. The lowest BCUT2D eigenvalue weighted by molar-refractivity contribution is 0.0696. The summed E-state index contributed by atoms with van der Waals surface area (Å²) in [4.78, 5) is 22.7. The van der Waals surface area contributed by atoms with Gasteiger partial charge >= 0.3 is 5.97 Å². The van der Waals surface area contributed by atoms with Gasteiger partial charge in [0, 0.05) is 12.3 Å². The monoisotopic (exact) mass is 259 g/mol. The Morgan fingerprint density at radius 1 is 1.26 bits per heavy atom. The van der Waals surface area contributed by atoms with Gasteiger partial charge < -0.3 is 9.84 Å². The van der Waals surface area contributed by atoms with E-state index in [0.29, 0.717) is 11.6 Å². The van der Waals surface area contributed by atoms with Crippen molar-refractivity contribution < 1.29 is 14.6 Å². The molecule has 1 N–H and O–H groups in total. The lowest BCUT2D eigenvalue weighted by atomic mass is 10.1. The van der Waals surface area contributed by atoms with Crippen LogP contribution in [0.25, 0.3) is 0 Å². The van der Waals surface area contributed by atoms with Crippen molar-refractivity contribution in [2.24, 2.45) is 0 Å². The maximum atomic E-state index is 10.8. The second kappa shape index (κ2) is 5.43. The van der Waals surface area contributed by atoms with Crippen molar-refractivity contribution >= 4 is 5.97 Å². The van der Waals surface area contributed by atoms with Crippen LogP contribution in [0.15, 0.2) is 30.9 Å². The minimum absolute atomic E-state index is 0.0654. The van der Waals surface area contributed by atoms with Crippen molar-refractivity contribution in [1.82, 2.24) is 15.0 Å². The maximum Gasteiger partial charge on any atom is 0.337 e. The van der Waals surface area contributed by atoms with Gasteiger partial charge in [0.2, 0.25) is 5.88 Å². The molecular weight excluding hydrogens is 246 g/mol. The number of rotatable bonds is 4. The summed E-state index contributed by atoms with van der Waals surface area (Å²) in [5.74, 6) is -0.103. The highest BCUT2D eigenvalue weighted by molar-refractivity contribution is 5.87. The fraction of sp³-hybridized carbons (Fsp3) is 0.231. The van der Waals surface area contributed by atoms with Gasteiger partial charge in [-0.1, -0.05) is 13.8 Å². The van der Waals surface area contributed by atoms with Crippen LogP contribution in [0.2, 0.25) is 0 Å². The third-order valence-corrected chi connectivity index (χ3v) is 2.44. The molecule has 0 aliphatic carbocycles. The van der Waals surface area contributed by atoms with E-state index in [-0.39, 0.29) is 11.5 Å². The fourth-order valence-electron chi connectivity index (χ4n) is 1.44. The first-order valence-corrected chi connectivity index (χ1v) is 5.74. The smallest absolute Gasteiger partial charge is 0.337 e. The molecule has 2 aromatic rings. The van der Waals surface area contributed by atoms with Gasteiger partial charge in [-0.2, -0.15) is 0 Å². The van der Waals surface area contributed by atoms with Crippen LogP contribution in [0.4, 0.5) is 0 Å². The number of aromatic carboxylic acids is 1. The molecule has 0 bridgehead atoms. The second-order valence-corrected chi connectivity index (χ2v) is 4.25. The maximum absolute atomic E-state index is 10.8. The number of hydrogen-bond acceptors (Lipinski definition) is 5. The first-order valence-electron chi connectivity index (χ1n) is 5.74. The van der Waals surface area contributed by atoms with E-state index in [1.165, 1.54) is 24.8 Å². The first-order chi connectivity index (χ1) is 9.06. The topological polar surface area (TPSA) is 85.2 Å². The molecule has 2 aromatic heterocycles. The molecule has 0 atom stereocenters. The Balaban J connectivity index is 2.23. The van der Waals surface area contributed by atoms with E-state index in [2.05, 4.69) is 15.0 Å². The molecule has 98 valence electrons. The highest BCUT2D eigenvalue weighted by atomic mass is 16.5. The molecule has 0 unspecified atom stereocenters. The summed E-state index contributed by atoms with van der Waals surface area (Å²) in [6.07, 6.45) is 4.11. The summed E-state index contributed by atoms with van der Waals surface area (Å²) in [7, 11) is 0. The highest BCUT2D eigenvalue weighted by Gasteiger charge is 2.08. The van der Waals surface area contributed by atoms with E-state index in [4.69, 9.17) is 9.84 Å². The average molecular weight is 259 g/mol. The van der Waals surface area contributed by atoms with Crippen molar-refractivity contribution in [1.29, 1.82) is 0 Å². The van der Waals surface area contributed by atoms with Crippen molar-refractivity contribution in [3.63, 3.8) is 0 Å². The number of nitrogens with zero attached hydrogens (tertiary/aromatic N) is 3.